The number of carbonyl (C=O) groups excluding carboxylic acids is 1. The summed E-state index contributed by atoms with van der Waals surface area (Å²) < 4.78 is 0. The number of amides is 1. The maximum absolute atomic E-state index is 12.2. The second kappa shape index (κ2) is 14.4. The molecule has 4 atom stereocenters. The Bertz CT molecular complexity index is 343. The van der Waals surface area contributed by atoms with Crippen molar-refractivity contribution in [2.24, 2.45) is 0 Å². The molecular weight excluding hydrogens is 330 g/mol. The molecule has 0 spiro atoms. The van der Waals surface area contributed by atoms with Gasteiger partial charge in [0.15, 0.2) is 0 Å². The van der Waals surface area contributed by atoms with Gasteiger partial charge in [0, 0.05) is 19.5 Å². The van der Waals surface area contributed by atoms with Crippen molar-refractivity contribution in [1.29, 1.82) is 0 Å². The second-order valence-corrected chi connectivity index (χ2v) is 6.38. The second-order valence-electron chi connectivity index (χ2n) is 6.38. The standard InChI is InChI=1S/C17H35NO7/c1-2-3-4-5-6-7-8-15(23)18(9-10-19)11-13(21)16(24)17(25)14(22)12-20/h13-14,16-17,19-22,24-25H,2-12H2,1H3/t13-,14+,16-,17+/m1/s1. The lowest BCUT2D eigenvalue weighted by Crippen LogP contribution is -2.51. The van der Waals surface area contributed by atoms with Gasteiger partial charge in [0.2, 0.25) is 5.91 Å². The van der Waals surface area contributed by atoms with E-state index in [-0.39, 0.29) is 32.0 Å². The molecule has 150 valence electrons. The van der Waals surface area contributed by atoms with Crippen LogP contribution in [-0.4, -0.2) is 92.2 Å². The van der Waals surface area contributed by atoms with Crippen LogP contribution in [0.15, 0.2) is 0 Å². The van der Waals surface area contributed by atoms with Crippen molar-refractivity contribution in [3.8, 4) is 0 Å². The van der Waals surface area contributed by atoms with E-state index in [1.54, 1.807) is 0 Å². The fourth-order valence-corrected chi connectivity index (χ4v) is 2.55. The molecular formula is C17H35NO7. The first-order chi connectivity index (χ1) is 11.9. The van der Waals surface area contributed by atoms with E-state index in [4.69, 9.17) is 10.2 Å². The van der Waals surface area contributed by atoms with E-state index >= 15 is 0 Å². The normalized spacial score (nSPS) is 16.3. The first-order valence-corrected chi connectivity index (χ1v) is 9.10. The molecule has 0 aliphatic carbocycles. The van der Waals surface area contributed by atoms with E-state index in [9.17, 15) is 25.2 Å². The van der Waals surface area contributed by atoms with Gasteiger partial charge in [-0.1, -0.05) is 39.0 Å². The molecule has 25 heavy (non-hydrogen) atoms. The van der Waals surface area contributed by atoms with Crippen LogP contribution in [0.25, 0.3) is 0 Å². The topological polar surface area (TPSA) is 142 Å². The molecule has 0 aromatic heterocycles. The van der Waals surface area contributed by atoms with Crippen LogP contribution in [0.5, 0.6) is 0 Å². The zero-order chi connectivity index (χ0) is 19.2. The predicted octanol–water partition coefficient (Wildman–Crippen LogP) is -1.01. The fraction of sp³-hybridized carbons (Fsp3) is 0.941. The Balaban J connectivity index is 4.39. The van der Waals surface area contributed by atoms with Crippen molar-refractivity contribution in [1.82, 2.24) is 4.90 Å². The Morgan fingerprint density at radius 3 is 2.00 bits per heavy atom. The number of aliphatic hydroxyl groups is 6. The Labute approximate surface area is 149 Å². The van der Waals surface area contributed by atoms with Crippen molar-refractivity contribution in [3.05, 3.63) is 0 Å². The first-order valence-electron chi connectivity index (χ1n) is 9.10. The van der Waals surface area contributed by atoms with Crippen molar-refractivity contribution < 1.29 is 35.4 Å². The van der Waals surface area contributed by atoms with Gasteiger partial charge in [-0.15, -0.1) is 0 Å². The lowest BCUT2D eigenvalue weighted by atomic mass is 10.0. The smallest absolute Gasteiger partial charge is 0.222 e. The number of carbonyl (C=O) groups is 1. The van der Waals surface area contributed by atoms with Crippen LogP contribution < -0.4 is 0 Å². The van der Waals surface area contributed by atoms with Gasteiger partial charge in [-0.25, -0.2) is 0 Å². The van der Waals surface area contributed by atoms with E-state index in [2.05, 4.69) is 6.92 Å². The van der Waals surface area contributed by atoms with Crippen LogP contribution >= 0.6 is 0 Å². The molecule has 0 saturated carbocycles. The maximum Gasteiger partial charge on any atom is 0.222 e. The lowest BCUT2D eigenvalue weighted by Gasteiger charge is -2.30. The first kappa shape index (κ1) is 24.2. The van der Waals surface area contributed by atoms with Gasteiger partial charge in [0.05, 0.1) is 13.2 Å². The number of aliphatic hydroxyl groups excluding tert-OH is 6. The fourth-order valence-electron chi connectivity index (χ4n) is 2.55. The van der Waals surface area contributed by atoms with Crippen LogP contribution in [0.2, 0.25) is 0 Å². The molecule has 0 fully saturated rings. The number of hydrogen-bond donors (Lipinski definition) is 6. The third-order valence-electron chi connectivity index (χ3n) is 4.20. The minimum Gasteiger partial charge on any atom is -0.395 e. The summed E-state index contributed by atoms with van der Waals surface area (Å²) in [6.45, 7) is 0.824. The lowest BCUT2D eigenvalue weighted by molar-refractivity contribution is -0.140. The summed E-state index contributed by atoms with van der Waals surface area (Å²) >= 11 is 0. The molecule has 8 heteroatoms. The van der Waals surface area contributed by atoms with Crippen LogP contribution in [-0.2, 0) is 4.79 Å². The van der Waals surface area contributed by atoms with Crippen LogP contribution in [0.3, 0.4) is 0 Å². The summed E-state index contributed by atoms with van der Waals surface area (Å²) in [6, 6.07) is 0. The summed E-state index contributed by atoms with van der Waals surface area (Å²) in [5.41, 5.74) is 0. The van der Waals surface area contributed by atoms with E-state index < -0.39 is 31.0 Å². The highest BCUT2D eigenvalue weighted by Crippen LogP contribution is 2.11. The molecule has 0 rings (SSSR count). The summed E-state index contributed by atoms with van der Waals surface area (Å²) in [6.07, 6.45) is -0.0660. The minimum absolute atomic E-state index is 0.0110. The van der Waals surface area contributed by atoms with Crippen molar-refractivity contribution in [3.63, 3.8) is 0 Å². The van der Waals surface area contributed by atoms with E-state index in [0.717, 1.165) is 32.1 Å². The van der Waals surface area contributed by atoms with Gasteiger partial charge < -0.3 is 35.5 Å². The quantitative estimate of drug-likeness (QED) is 0.204. The van der Waals surface area contributed by atoms with Crippen molar-refractivity contribution in [2.75, 3.05) is 26.3 Å². The zero-order valence-electron chi connectivity index (χ0n) is 15.1. The summed E-state index contributed by atoms with van der Waals surface area (Å²) in [5.74, 6) is -0.243. The monoisotopic (exact) mass is 365 g/mol. The van der Waals surface area contributed by atoms with Gasteiger partial charge in [-0.05, 0) is 6.42 Å². The molecule has 0 heterocycles. The predicted molar refractivity (Wildman–Crippen MR) is 92.8 cm³/mol. The minimum atomic E-state index is -1.73. The Morgan fingerprint density at radius 1 is 0.880 bits per heavy atom. The van der Waals surface area contributed by atoms with Gasteiger partial charge in [0.1, 0.15) is 24.4 Å². The molecule has 1 amide bonds. The summed E-state index contributed by atoms with van der Waals surface area (Å²) in [5, 5.41) is 56.5. The van der Waals surface area contributed by atoms with E-state index in [0.29, 0.717) is 0 Å². The van der Waals surface area contributed by atoms with Gasteiger partial charge in [-0.2, -0.15) is 0 Å². The van der Waals surface area contributed by atoms with Crippen molar-refractivity contribution in [2.45, 2.75) is 76.3 Å². The number of rotatable bonds is 15. The summed E-state index contributed by atoms with van der Waals surface area (Å²) in [4.78, 5) is 13.4. The molecule has 0 aromatic rings. The SMILES string of the molecule is CCCCCCCCC(=O)N(CCO)C[C@@H](O)[C@@H](O)[C@@H](O)[C@@H](O)CO. The highest BCUT2D eigenvalue weighted by atomic mass is 16.4. The average molecular weight is 365 g/mol. The summed E-state index contributed by atoms with van der Waals surface area (Å²) in [7, 11) is 0. The van der Waals surface area contributed by atoms with Crippen LogP contribution in [0.1, 0.15) is 51.9 Å². The van der Waals surface area contributed by atoms with E-state index in [1.807, 2.05) is 0 Å². The zero-order valence-corrected chi connectivity index (χ0v) is 15.1. The highest BCUT2D eigenvalue weighted by Gasteiger charge is 2.31. The molecule has 0 radical (unpaired) electrons. The largest absolute Gasteiger partial charge is 0.395 e. The van der Waals surface area contributed by atoms with Gasteiger partial charge in [0.25, 0.3) is 0 Å². The van der Waals surface area contributed by atoms with Crippen molar-refractivity contribution >= 4 is 5.91 Å². The molecule has 6 N–H and O–H groups in total. The van der Waals surface area contributed by atoms with Crippen LogP contribution in [0.4, 0.5) is 0 Å². The average Bonchev–Trinajstić information content (AvgIpc) is 2.61. The Morgan fingerprint density at radius 2 is 1.44 bits per heavy atom. The molecule has 0 aliphatic heterocycles. The molecule has 0 bridgehead atoms. The molecule has 0 saturated heterocycles. The third-order valence-corrected chi connectivity index (χ3v) is 4.20. The third kappa shape index (κ3) is 10.1. The molecule has 0 aliphatic rings. The highest BCUT2D eigenvalue weighted by molar-refractivity contribution is 5.76. The van der Waals surface area contributed by atoms with Gasteiger partial charge >= 0.3 is 0 Å². The Kier molecular flexibility index (Phi) is 14.0. The van der Waals surface area contributed by atoms with Gasteiger partial charge in [-0.3, -0.25) is 4.79 Å². The number of nitrogens with zero attached hydrogens (tertiary/aromatic N) is 1. The maximum atomic E-state index is 12.2. The molecule has 8 nitrogen and oxygen atoms in total. The molecule has 0 aromatic carbocycles. The number of unbranched alkanes of at least 4 members (excludes halogenated alkanes) is 5. The van der Waals surface area contributed by atoms with Crippen LogP contribution in [0, 0.1) is 0 Å². The van der Waals surface area contributed by atoms with E-state index in [1.165, 1.54) is 11.3 Å². The molecule has 0 unspecified atom stereocenters. The number of hydrogen-bond acceptors (Lipinski definition) is 7. The Hall–Kier alpha value is -0.770.